The number of halogens is 3. The summed E-state index contributed by atoms with van der Waals surface area (Å²) in [5.74, 6) is -0.318. The zero-order chi connectivity index (χ0) is 24.0. The van der Waals surface area contributed by atoms with Crippen molar-refractivity contribution in [1.82, 2.24) is 10.2 Å². The molecule has 34 heavy (non-hydrogen) atoms. The Labute approximate surface area is 205 Å². The van der Waals surface area contributed by atoms with E-state index in [1.807, 2.05) is 0 Å². The first-order valence-corrected chi connectivity index (χ1v) is 11.8. The highest BCUT2D eigenvalue weighted by Gasteiger charge is 2.55. The van der Waals surface area contributed by atoms with Crippen molar-refractivity contribution in [1.29, 1.82) is 0 Å². The normalized spacial score (nSPS) is 22.8. The molecule has 180 valence electrons. The van der Waals surface area contributed by atoms with Crippen molar-refractivity contribution in [2.24, 2.45) is 5.41 Å². The van der Waals surface area contributed by atoms with E-state index in [0.717, 1.165) is 18.9 Å². The van der Waals surface area contributed by atoms with Crippen LogP contribution in [0, 0.1) is 11.2 Å². The van der Waals surface area contributed by atoms with E-state index in [9.17, 15) is 19.1 Å². The molecule has 2 atom stereocenters. The fourth-order valence-electron chi connectivity index (χ4n) is 5.02. The molecule has 1 saturated heterocycles. The molecule has 2 fully saturated rings. The smallest absolute Gasteiger partial charge is 0.263 e. The highest BCUT2D eigenvalue weighted by atomic mass is 35.5. The van der Waals surface area contributed by atoms with E-state index in [1.54, 1.807) is 23.1 Å². The first kappa shape index (κ1) is 23.2. The number of aliphatic hydroxyl groups is 1. The molecule has 2 aliphatic heterocycles. The minimum absolute atomic E-state index is 0.00644. The average molecular weight is 509 g/mol. The summed E-state index contributed by atoms with van der Waals surface area (Å²) in [5, 5.41) is 13.8. The molecule has 5 rings (SSSR count). The molecule has 2 aromatic carbocycles. The van der Waals surface area contributed by atoms with Gasteiger partial charge in [0.15, 0.2) is 12.7 Å². The Kier molecular flexibility index (Phi) is 6.08. The second-order valence-electron chi connectivity index (χ2n) is 9.27. The topological polar surface area (TPSA) is 88.1 Å². The van der Waals surface area contributed by atoms with Gasteiger partial charge in [0.2, 0.25) is 0 Å². The number of amides is 2. The molecule has 1 spiro atoms. The van der Waals surface area contributed by atoms with Crippen LogP contribution in [0.15, 0.2) is 36.4 Å². The molecular formula is C24H23Cl2FN2O5. The Bertz CT molecular complexity index is 1130. The van der Waals surface area contributed by atoms with E-state index in [-0.39, 0.29) is 47.1 Å². The number of aliphatic hydroxyl groups excluding tert-OH is 1. The van der Waals surface area contributed by atoms with Crippen LogP contribution >= 0.6 is 23.2 Å². The van der Waals surface area contributed by atoms with Crippen molar-refractivity contribution >= 4 is 35.0 Å². The lowest BCUT2D eigenvalue weighted by molar-refractivity contribution is -0.162. The fourth-order valence-corrected chi connectivity index (χ4v) is 5.32. The number of hydrogen-bond donors (Lipinski definition) is 2. The Morgan fingerprint density at radius 2 is 1.97 bits per heavy atom. The van der Waals surface area contributed by atoms with Gasteiger partial charge in [-0.05, 0) is 43.2 Å². The van der Waals surface area contributed by atoms with Crippen molar-refractivity contribution in [3.63, 3.8) is 0 Å². The summed E-state index contributed by atoms with van der Waals surface area (Å²) in [6, 6.07) is 9.01. The molecule has 0 aromatic heterocycles. The number of carbonyl (C=O) groups excluding carboxylic acids is 2. The maximum Gasteiger partial charge on any atom is 0.263 e. The summed E-state index contributed by atoms with van der Waals surface area (Å²) in [7, 11) is 0. The van der Waals surface area contributed by atoms with Gasteiger partial charge < -0.3 is 24.8 Å². The first-order valence-electron chi connectivity index (χ1n) is 11.0. The molecular weight excluding hydrogens is 486 g/mol. The molecule has 0 unspecified atom stereocenters. The van der Waals surface area contributed by atoms with Gasteiger partial charge in [0.25, 0.3) is 11.8 Å². The van der Waals surface area contributed by atoms with Crippen LogP contribution in [0.1, 0.15) is 30.9 Å². The summed E-state index contributed by atoms with van der Waals surface area (Å²) < 4.78 is 24.6. The Hall–Kier alpha value is -2.55. The van der Waals surface area contributed by atoms with Crippen LogP contribution in [-0.2, 0) is 9.59 Å². The maximum absolute atomic E-state index is 13.4. The van der Waals surface area contributed by atoms with Crippen LogP contribution in [0.3, 0.4) is 0 Å². The number of benzene rings is 2. The van der Waals surface area contributed by atoms with Gasteiger partial charge in [0.1, 0.15) is 17.3 Å². The van der Waals surface area contributed by atoms with Crippen LogP contribution in [0.2, 0.25) is 10.0 Å². The summed E-state index contributed by atoms with van der Waals surface area (Å²) in [6.07, 6.45) is 0.195. The van der Waals surface area contributed by atoms with Gasteiger partial charge in [-0.1, -0.05) is 23.2 Å². The SMILES string of the molecule is O=C(COc1ccc(Cl)c(F)c1)NC1CC2(C1)CN(C(=O)[C@H]1C[C@@H](O)c3cc(Cl)ccc3O1)C2. The number of rotatable bonds is 5. The highest BCUT2D eigenvalue weighted by Crippen LogP contribution is 2.49. The lowest BCUT2D eigenvalue weighted by Gasteiger charge is -2.59. The zero-order valence-corrected chi connectivity index (χ0v) is 19.6. The zero-order valence-electron chi connectivity index (χ0n) is 18.1. The van der Waals surface area contributed by atoms with Gasteiger partial charge in [0.05, 0.1) is 11.1 Å². The van der Waals surface area contributed by atoms with E-state index >= 15 is 0 Å². The van der Waals surface area contributed by atoms with Crippen LogP contribution in [0.25, 0.3) is 0 Å². The number of fused-ring (bicyclic) bond motifs is 1. The number of hydrogen-bond acceptors (Lipinski definition) is 5. The number of nitrogens with one attached hydrogen (secondary N) is 1. The number of likely N-dealkylation sites (tertiary alicyclic amines) is 1. The molecule has 0 bridgehead atoms. The summed E-state index contributed by atoms with van der Waals surface area (Å²) in [4.78, 5) is 26.8. The third-order valence-corrected chi connectivity index (χ3v) is 7.20. The van der Waals surface area contributed by atoms with Crippen molar-refractivity contribution < 1.29 is 28.6 Å². The van der Waals surface area contributed by atoms with Crippen molar-refractivity contribution in [2.75, 3.05) is 19.7 Å². The number of carbonyl (C=O) groups is 2. The predicted molar refractivity (Wildman–Crippen MR) is 123 cm³/mol. The van der Waals surface area contributed by atoms with E-state index < -0.39 is 18.0 Å². The minimum atomic E-state index is -0.804. The molecule has 0 radical (unpaired) electrons. The van der Waals surface area contributed by atoms with Gasteiger partial charge in [0, 0.05) is 47.6 Å². The molecule has 2 heterocycles. The van der Waals surface area contributed by atoms with Crippen LogP contribution < -0.4 is 14.8 Å². The molecule has 3 aliphatic rings. The molecule has 7 nitrogen and oxygen atoms in total. The Morgan fingerprint density at radius 1 is 1.21 bits per heavy atom. The third kappa shape index (κ3) is 4.54. The highest BCUT2D eigenvalue weighted by molar-refractivity contribution is 6.31. The standard InChI is InChI=1S/C24H23Cl2FN2O5/c25-13-1-4-20-16(5-13)19(30)7-21(34-20)23(32)29-11-24(12-29)8-14(9-24)28-22(31)10-33-15-2-3-17(26)18(27)6-15/h1-6,14,19,21,30H,7-12H2,(H,28,31)/t19-,21-/m1/s1. The summed E-state index contributed by atoms with van der Waals surface area (Å²) in [5.41, 5.74) is 0.603. The molecule has 2 aromatic rings. The summed E-state index contributed by atoms with van der Waals surface area (Å²) >= 11 is 11.6. The molecule has 1 aliphatic carbocycles. The van der Waals surface area contributed by atoms with Crippen molar-refractivity contribution in [3.8, 4) is 11.5 Å². The maximum atomic E-state index is 13.4. The van der Waals surface area contributed by atoms with E-state index in [2.05, 4.69) is 5.32 Å². The molecule has 10 heteroatoms. The van der Waals surface area contributed by atoms with Gasteiger partial charge in [-0.3, -0.25) is 9.59 Å². The van der Waals surface area contributed by atoms with Crippen LogP contribution in [0.5, 0.6) is 11.5 Å². The van der Waals surface area contributed by atoms with Crippen molar-refractivity contribution in [3.05, 3.63) is 57.8 Å². The van der Waals surface area contributed by atoms with Gasteiger partial charge in [-0.25, -0.2) is 4.39 Å². The third-order valence-electron chi connectivity index (χ3n) is 6.66. The fraction of sp³-hybridized carbons (Fsp3) is 0.417. The van der Waals surface area contributed by atoms with Gasteiger partial charge in [-0.2, -0.15) is 0 Å². The lowest BCUT2D eigenvalue weighted by Crippen LogP contribution is -2.69. The minimum Gasteiger partial charge on any atom is -0.484 e. The molecule has 2 N–H and O–H groups in total. The second-order valence-corrected chi connectivity index (χ2v) is 10.1. The molecule has 2 amide bonds. The Balaban J connectivity index is 1.06. The number of ether oxygens (including phenoxy) is 2. The second kappa shape index (κ2) is 8.91. The average Bonchev–Trinajstić information content (AvgIpc) is 2.75. The largest absolute Gasteiger partial charge is 0.484 e. The monoisotopic (exact) mass is 508 g/mol. The molecule has 1 saturated carbocycles. The van der Waals surface area contributed by atoms with E-state index in [0.29, 0.717) is 29.4 Å². The lowest BCUT2D eigenvalue weighted by atomic mass is 9.60. The van der Waals surface area contributed by atoms with E-state index in [1.165, 1.54) is 12.1 Å². The van der Waals surface area contributed by atoms with Crippen molar-refractivity contribution in [2.45, 2.75) is 37.5 Å². The van der Waals surface area contributed by atoms with E-state index in [4.69, 9.17) is 32.7 Å². The first-order chi connectivity index (χ1) is 16.2. The summed E-state index contributed by atoms with van der Waals surface area (Å²) in [6.45, 7) is 0.980. The van der Waals surface area contributed by atoms with Crippen LogP contribution in [-0.4, -0.2) is 53.7 Å². The Morgan fingerprint density at radius 3 is 2.71 bits per heavy atom. The quantitative estimate of drug-likeness (QED) is 0.645. The van der Waals surface area contributed by atoms with Crippen LogP contribution in [0.4, 0.5) is 4.39 Å². The van der Waals surface area contributed by atoms with Gasteiger partial charge in [-0.15, -0.1) is 0 Å². The van der Waals surface area contributed by atoms with Gasteiger partial charge >= 0.3 is 0 Å². The predicted octanol–water partition coefficient (Wildman–Crippen LogP) is 3.50. The number of nitrogens with zero attached hydrogens (tertiary/aromatic N) is 1.